The molecule has 0 radical (unpaired) electrons. The Morgan fingerprint density at radius 1 is 1.20 bits per heavy atom. The number of halogens is 1. The predicted octanol–water partition coefficient (Wildman–Crippen LogP) is 3.48. The van der Waals surface area contributed by atoms with Crippen LogP contribution < -0.4 is 11.1 Å². The zero-order valence-electron chi connectivity index (χ0n) is 13.7. The van der Waals surface area contributed by atoms with Gasteiger partial charge >= 0.3 is 0 Å². The highest BCUT2D eigenvalue weighted by Gasteiger charge is 2.22. The molecule has 3 heterocycles. The van der Waals surface area contributed by atoms with Gasteiger partial charge in [0.05, 0.1) is 5.56 Å². The summed E-state index contributed by atoms with van der Waals surface area (Å²) in [5.41, 5.74) is 8.50. The minimum Gasteiger partial charge on any atom is -0.454 e. The van der Waals surface area contributed by atoms with Gasteiger partial charge in [-0.15, -0.1) is 12.4 Å². The standard InChI is InChI=1S/C19H19N3O2.ClH/c20-19(23)14-5-4-13(12-6-9-21-10-7-12)15-11-17(24-18(14)15)16-3-1-2-8-22-16;/h1-5,8,11-12,21H,6-7,9-10H2,(H2,20,23);1H. The van der Waals surface area contributed by atoms with Crippen molar-refractivity contribution in [1.29, 1.82) is 0 Å². The number of carbonyl (C=O) groups is 1. The molecule has 1 aromatic carbocycles. The van der Waals surface area contributed by atoms with Gasteiger partial charge in [0.1, 0.15) is 11.3 Å². The quantitative estimate of drug-likeness (QED) is 0.751. The van der Waals surface area contributed by atoms with Crippen molar-refractivity contribution in [3.05, 3.63) is 53.7 Å². The third kappa shape index (κ3) is 3.25. The molecular weight excluding hydrogens is 338 g/mol. The highest BCUT2D eigenvalue weighted by atomic mass is 35.5. The summed E-state index contributed by atoms with van der Waals surface area (Å²) in [6.07, 6.45) is 3.88. The molecule has 2 aromatic heterocycles. The number of primary amides is 1. The lowest BCUT2D eigenvalue weighted by molar-refractivity contribution is 0.100. The molecule has 0 atom stereocenters. The van der Waals surface area contributed by atoms with Crippen LogP contribution in [0.2, 0.25) is 0 Å². The third-order valence-corrected chi connectivity index (χ3v) is 4.68. The number of piperidine rings is 1. The molecule has 4 rings (SSSR count). The fraction of sp³-hybridized carbons (Fsp3) is 0.263. The van der Waals surface area contributed by atoms with Gasteiger partial charge < -0.3 is 15.5 Å². The van der Waals surface area contributed by atoms with E-state index >= 15 is 0 Å². The average Bonchev–Trinajstić information content (AvgIpc) is 3.07. The van der Waals surface area contributed by atoms with E-state index in [2.05, 4.69) is 10.3 Å². The van der Waals surface area contributed by atoms with Crippen molar-refractivity contribution in [3.63, 3.8) is 0 Å². The van der Waals surface area contributed by atoms with Gasteiger partial charge in [0.2, 0.25) is 0 Å². The maximum atomic E-state index is 11.8. The van der Waals surface area contributed by atoms with E-state index in [0.29, 0.717) is 22.8 Å². The molecule has 5 nitrogen and oxygen atoms in total. The Bertz CT molecular complexity index is 886. The number of nitrogens with zero attached hydrogens (tertiary/aromatic N) is 1. The number of pyridine rings is 1. The number of fused-ring (bicyclic) bond motifs is 1. The molecule has 6 heteroatoms. The van der Waals surface area contributed by atoms with E-state index in [1.807, 2.05) is 30.3 Å². The lowest BCUT2D eigenvalue weighted by Crippen LogP contribution is -2.26. The molecule has 0 aliphatic carbocycles. The molecule has 1 amide bonds. The van der Waals surface area contributed by atoms with E-state index in [9.17, 15) is 4.79 Å². The van der Waals surface area contributed by atoms with Gasteiger partial charge in [-0.3, -0.25) is 9.78 Å². The summed E-state index contributed by atoms with van der Waals surface area (Å²) < 4.78 is 6.00. The number of amides is 1. The second-order valence-electron chi connectivity index (χ2n) is 6.16. The molecule has 1 aliphatic rings. The number of benzene rings is 1. The first-order valence-corrected chi connectivity index (χ1v) is 8.22. The van der Waals surface area contributed by atoms with Gasteiger partial charge in [-0.2, -0.15) is 0 Å². The molecule has 0 saturated carbocycles. The average molecular weight is 358 g/mol. The Hall–Kier alpha value is -2.37. The van der Waals surface area contributed by atoms with Crippen molar-refractivity contribution in [1.82, 2.24) is 10.3 Å². The normalized spacial score (nSPS) is 15.0. The minimum absolute atomic E-state index is 0. The molecule has 3 aromatic rings. The third-order valence-electron chi connectivity index (χ3n) is 4.68. The van der Waals surface area contributed by atoms with Gasteiger partial charge in [-0.05, 0) is 61.7 Å². The smallest absolute Gasteiger partial charge is 0.252 e. The number of furan rings is 1. The Morgan fingerprint density at radius 2 is 2.00 bits per heavy atom. The summed E-state index contributed by atoms with van der Waals surface area (Å²) in [7, 11) is 0. The Balaban J connectivity index is 0.00000182. The Morgan fingerprint density at radius 3 is 2.68 bits per heavy atom. The van der Waals surface area contributed by atoms with Crippen molar-refractivity contribution in [2.45, 2.75) is 18.8 Å². The summed E-state index contributed by atoms with van der Waals surface area (Å²) in [6.45, 7) is 2.02. The lowest BCUT2D eigenvalue weighted by Gasteiger charge is -2.23. The van der Waals surface area contributed by atoms with Crippen molar-refractivity contribution < 1.29 is 9.21 Å². The molecule has 1 fully saturated rings. The first-order chi connectivity index (χ1) is 11.7. The van der Waals surface area contributed by atoms with Crippen molar-refractivity contribution >= 4 is 29.3 Å². The van der Waals surface area contributed by atoms with Crippen LogP contribution in [0.5, 0.6) is 0 Å². The predicted molar refractivity (Wildman–Crippen MR) is 100 cm³/mol. The fourth-order valence-corrected chi connectivity index (χ4v) is 3.46. The van der Waals surface area contributed by atoms with Crippen LogP contribution in [0.4, 0.5) is 0 Å². The molecular formula is C19H20ClN3O2. The topological polar surface area (TPSA) is 81.2 Å². The first kappa shape index (κ1) is 17.5. The summed E-state index contributed by atoms with van der Waals surface area (Å²) in [4.78, 5) is 16.1. The molecule has 0 bridgehead atoms. The lowest BCUT2D eigenvalue weighted by atomic mass is 9.87. The van der Waals surface area contributed by atoms with Gasteiger partial charge in [-0.1, -0.05) is 12.1 Å². The highest BCUT2D eigenvalue weighted by Crippen LogP contribution is 2.37. The number of nitrogens with two attached hydrogens (primary N) is 1. The van der Waals surface area contributed by atoms with E-state index in [4.69, 9.17) is 10.2 Å². The largest absolute Gasteiger partial charge is 0.454 e. The van der Waals surface area contributed by atoms with Gasteiger partial charge in [0, 0.05) is 11.6 Å². The van der Waals surface area contributed by atoms with Crippen LogP contribution in [-0.2, 0) is 0 Å². The molecule has 1 aliphatic heterocycles. The van der Waals surface area contributed by atoms with Crippen molar-refractivity contribution in [3.8, 4) is 11.5 Å². The van der Waals surface area contributed by atoms with E-state index in [0.717, 1.165) is 37.0 Å². The summed E-state index contributed by atoms with van der Waals surface area (Å²) >= 11 is 0. The number of hydrogen-bond acceptors (Lipinski definition) is 4. The molecule has 0 spiro atoms. The van der Waals surface area contributed by atoms with Gasteiger partial charge in [0.15, 0.2) is 5.76 Å². The van der Waals surface area contributed by atoms with Gasteiger partial charge in [0.25, 0.3) is 5.91 Å². The molecule has 3 N–H and O–H groups in total. The van der Waals surface area contributed by atoms with Crippen LogP contribution in [0.15, 0.2) is 47.0 Å². The molecule has 130 valence electrons. The van der Waals surface area contributed by atoms with Crippen LogP contribution in [0.1, 0.15) is 34.7 Å². The first-order valence-electron chi connectivity index (χ1n) is 8.22. The van der Waals surface area contributed by atoms with Crippen LogP contribution >= 0.6 is 12.4 Å². The number of nitrogens with one attached hydrogen (secondary N) is 1. The van der Waals surface area contributed by atoms with E-state index < -0.39 is 5.91 Å². The van der Waals surface area contributed by atoms with E-state index in [1.54, 1.807) is 12.3 Å². The van der Waals surface area contributed by atoms with Crippen LogP contribution in [0.25, 0.3) is 22.4 Å². The van der Waals surface area contributed by atoms with Crippen LogP contribution in [0.3, 0.4) is 0 Å². The van der Waals surface area contributed by atoms with Crippen molar-refractivity contribution in [2.75, 3.05) is 13.1 Å². The van der Waals surface area contributed by atoms with E-state index in [-0.39, 0.29) is 12.4 Å². The van der Waals surface area contributed by atoms with Crippen LogP contribution in [-0.4, -0.2) is 24.0 Å². The number of carbonyl (C=O) groups excluding carboxylic acids is 1. The van der Waals surface area contributed by atoms with Crippen molar-refractivity contribution in [2.24, 2.45) is 5.73 Å². The zero-order chi connectivity index (χ0) is 16.5. The van der Waals surface area contributed by atoms with E-state index in [1.165, 1.54) is 5.56 Å². The second-order valence-corrected chi connectivity index (χ2v) is 6.16. The molecule has 25 heavy (non-hydrogen) atoms. The monoisotopic (exact) mass is 357 g/mol. The van der Waals surface area contributed by atoms with Gasteiger partial charge in [-0.25, -0.2) is 0 Å². The number of aromatic nitrogens is 1. The van der Waals surface area contributed by atoms with Crippen LogP contribution in [0, 0.1) is 0 Å². The Kier molecular flexibility index (Phi) is 5.06. The fourth-order valence-electron chi connectivity index (χ4n) is 3.46. The summed E-state index contributed by atoms with van der Waals surface area (Å²) in [5, 5.41) is 4.36. The maximum absolute atomic E-state index is 11.8. The highest BCUT2D eigenvalue weighted by molar-refractivity contribution is 6.05. The second kappa shape index (κ2) is 7.25. The summed E-state index contributed by atoms with van der Waals surface area (Å²) in [6, 6.07) is 11.5. The SMILES string of the molecule is Cl.NC(=O)c1ccc(C2CCNCC2)c2cc(-c3ccccn3)oc12. The molecule has 1 saturated heterocycles. The number of rotatable bonds is 3. The number of hydrogen-bond donors (Lipinski definition) is 2. The summed E-state index contributed by atoms with van der Waals surface area (Å²) in [5.74, 6) is 0.651. The zero-order valence-corrected chi connectivity index (χ0v) is 14.5. The Labute approximate surface area is 152 Å². The maximum Gasteiger partial charge on any atom is 0.252 e. The molecule has 0 unspecified atom stereocenters. The minimum atomic E-state index is -0.473.